The Morgan fingerprint density at radius 1 is 1.37 bits per heavy atom. The minimum Gasteiger partial charge on any atom is -0.495 e. The highest BCUT2D eigenvalue weighted by molar-refractivity contribution is 9.10. The van der Waals surface area contributed by atoms with Gasteiger partial charge >= 0.3 is 0 Å². The third kappa shape index (κ3) is 3.69. The van der Waals surface area contributed by atoms with Crippen LogP contribution in [0.5, 0.6) is 5.75 Å². The quantitative estimate of drug-likeness (QED) is 0.919. The Hall–Kier alpha value is -1.10. The van der Waals surface area contributed by atoms with E-state index in [1.807, 2.05) is 12.1 Å². The van der Waals surface area contributed by atoms with Gasteiger partial charge in [0.1, 0.15) is 5.75 Å². The molecule has 19 heavy (non-hydrogen) atoms. The van der Waals surface area contributed by atoms with Crippen LogP contribution in [0.2, 0.25) is 5.02 Å². The molecule has 5 heteroatoms. The lowest BCUT2D eigenvalue weighted by atomic mass is 10.0. The summed E-state index contributed by atoms with van der Waals surface area (Å²) >= 11 is 9.37. The summed E-state index contributed by atoms with van der Waals surface area (Å²) in [6.45, 7) is 0. The molecule has 1 aromatic carbocycles. The molecule has 0 spiro atoms. The van der Waals surface area contributed by atoms with Gasteiger partial charge in [0.2, 0.25) is 0 Å². The molecule has 100 valence electrons. The van der Waals surface area contributed by atoms with Crippen molar-refractivity contribution in [3.8, 4) is 5.75 Å². The Morgan fingerprint density at radius 3 is 2.74 bits per heavy atom. The summed E-state index contributed by atoms with van der Waals surface area (Å²) in [5, 5.41) is 10.7. The molecule has 0 bridgehead atoms. The molecule has 0 radical (unpaired) electrons. The number of halogens is 2. The van der Waals surface area contributed by atoms with Gasteiger partial charge in [-0.2, -0.15) is 0 Å². The van der Waals surface area contributed by atoms with Crippen LogP contribution in [0.25, 0.3) is 0 Å². The molecule has 1 unspecified atom stereocenters. The number of aliphatic hydroxyl groups excluding tert-OH is 1. The maximum atomic E-state index is 10.2. The van der Waals surface area contributed by atoms with Gasteiger partial charge in [-0.15, -0.1) is 0 Å². The van der Waals surface area contributed by atoms with E-state index in [1.165, 1.54) is 0 Å². The lowest BCUT2D eigenvalue weighted by Gasteiger charge is -2.12. The van der Waals surface area contributed by atoms with Crippen molar-refractivity contribution in [2.75, 3.05) is 7.11 Å². The highest BCUT2D eigenvalue weighted by atomic mass is 79.9. The number of rotatable bonds is 4. The molecule has 1 heterocycles. The van der Waals surface area contributed by atoms with Gasteiger partial charge in [-0.05, 0) is 45.8 Å². The highest BCUT2D eigenvalue weighted by Crippen LogP contribution is 2.28. The maximum absolute atomic E-state index is 10.2. The third-order valence-electron chi connectivity index (χ3n) is 2.75. The molecule has 2 aromatic rings. The summed E-state index contributed by atoms with van der Waals surface area (Å²) in [5.41, 5.74) is 1.57. The van der Waals surface area contributed by atoms with Gasteiger partial charge < -0.3 is 9.84 Å². The Kier molecular flexibility index (Phi) is 4.80. The molecule has 0 aliphatic carbocycles. The number of hydrogen-bond donors (Lipinski definition) is 1. The lowest BCUT2D eigenvalue weighted by molar-refractivity contribution is 0.177. The van der Waals surface area contributed by atoms with Crippen molar-refractivity contribution >= 4 is 27.5 Å². The second-order valence-corrected chi connectivity index (χ2v) is 5.40. The van der Waals surface area contributed by atoms with E-state index in [0.717, 1.165) is 15.7 Å². The zero-order valence-electron chi connectivity index (χ0n) is 10.3. The summed E-state index contributed by atoms with van der Waals surface area (Å²) in [5.74, 6) is 0.597. The van der Waals surface area contributed by atoms with E-state index in [4.69, 9.17) is 16.3 Å². The van der Waals surface area contributed by atoms with Gasteiger partial charge in [0, 0.05) is 22.8 Å². The fourth-order valence-corrected chi connectivity index (χ4v) is 2.23. The number of aromatic nitrogens is 1. The van der Waals surface area contributed by atoms with E-state index >= 15 is 0 Å². The Labute approximate surface area is 125 Å². The predicted molar refractivity (Wildman–Crippen MR) is 78.6 cm³/mol. The van der Waals surface area contributed by atoms with Crippen molar-refractivity contribution in [1.29, 1.82) is 0 Å². The Morgan fingerprint density at radius 2 is 2.16 bits per heavy atom. The molecule has 2 rings (SSSR count). The van der Waals surface area contributed by atoms with E-state index in [-0.39, 0.29) is 0 Å². The molecule has 0 aliphatic rings. The van der Waals surface area contributed by atoms with Crippen LogP contribution in [-0.2, 0) is 6.42 Å². The molecular formula is C14H13BrClNO2. The number of ether oxygens (including phenoxy) is 1. The van der Waals surface area contributed by atoms with Gasteiger partial charge in [-0.1, -0.05) is 17.7 Å². The van der Waals surface area contributed by atoms with Crippen molar-refractivity contribution in [3.63, 3.8) is 0 Å². The smallest absolute Gasteiger partial charge is 0.137 e. The van der Waals surface area contributed by atoms with Gasteiger partial charge in [-0.3, -0.25) is 4.98 Å². The van der Waals surface area contributed by atoms with E-state index in [2.05, 4.69) is 20.9 Å². The molecule has 1 N–H and O–H groups in total. The Bertz CT molecular complexity index is 560. The number of pyridine rings is 1. The summed E-state index contributed by atoms with van der Waals surface area (Å²) in [6.07, 6.45) is 1.51. The monoisotopic (exact) mass is 341 g/mol. The van der Waals surface area contributed by atoms with E-state index in [9.17, 15) is 5.11 Å². The van der Waals surface area contributed by atoms with Crippen LogP contribution in [0.3, 0.4) is 0 Å². The van der Waals surface area contributed by atoms with Crippen LogP contribution in [0, 0.1) is 0 Å². The SMILES string of the molecule is COc1ccc(C(O)Cc2ccc(Br)cn2)cc1Cl. The first-order valence-corrected chi connectivity index (χ1v) is 6.89. The number of methoxy groups -OCH3 is 1. The number of benzene rings is 1. The molecule has 0 amide bonds. The second-order valence-electron chi connectivity index (χ2n) is 4.08. The summed E-state index contributed by atoms with van der Waals surface area (Å²) in [7, 11) is 1.56. The van der Waals surface area contributed by atoms with Crippen molar-refractivity contribution in [3.05, 3.63) is 57.3 Å². The first-order valence-electron chi connectivity index (χ1n) is 5.72. The highest BCUT2D eigenvalue weighted by Gasteiger charge is 2.11. The topological polar surface area (TPSA) is 42.4 Å². The van der Waals surface area contributed by atoms with Crippen molar-refractivity contribution in [1.82, 2.24) is 4.98 Å². The van der Waals surface area contributed by atoms with E-state index in [0.29, 0.717) is 17.2 Å². The largest absolute Gasteiger partial charge is 0.495 e. The minimum absolute atomic E-state index is 0.440. The number of aliphatic hydroxyl groups is 1. The molecular weight excluding hydrogens is 330 g/mol. The zero-order valence-corrected chi connectivity index (χ0v) is 12.6. The predicted octanol–water partition coefficient (Wildman–Crippen LogP) is 3.78. The van der Waals surface area contributed by atoms with Crippen LogP contribution in [-0.4, -0.2) is 17.2 Å². The molecule has 0 saturated heterocycles. The van der Waals surface area contributed by atoms with Crippen LogP contribution in [0.15, 0.2) is 41.0 Å². The van der Waals surface area contributed by atoms with Crippen molar-refractivity contribution in [2.45, 2.75) is 12.5 Å². The third-order valence-corrected chi connectivity index (χ3v) is 3.52. The fourth-order valence-electron chi connectivity index (χ4n) is 1.73. The fraction of sp³-hybridized carbons (Fsp3) is 0.214. The average Bonchev–Trinajstić information content (AvgIpc) is 2.41. The van der Waals surface area contributed by atoms with Crippen LogP contribution < -0.4 is 4.74 Å². The Balaban J connectivity index is 2.13. The summed E-state index contributed by atoms with van der Waals surface area (Å²) < 4.78 is 6.00. The van der Waals surface area contributed by atoms with Crippen LogP contribution in [0.1, 0.15) is 17.4 Å². The first-order chi connectivity index (χ1) is 9.10. The standard InChI is InChI=1S/C14H13BrClNO2/c1-19-14-5-2-9(6-12(14)16)13(18)7-11-4-3-10(15)8-17-11/h2-6,8,13,18H,7H2,1H3. The first kappa shape index (κ1) is 14.3. The van der Waals surface area contributed by atoms with Gasteiger partial charge in [0.05, 0.1) is 18.2 Å². The van der Waals surface area contributed by atoms with Crippen molar-refractivity contribution in [2.24, 2.45) is 0 Å². The molecule has 1 aromatic heterocycles. The van der Waals surface area contributed by atoms with Gasteiger partial charge in [-0.25, -0.2) is 0 Å². The normalized spacial score (nSPS) is 12.2. The van der Waals surface area contributed by atoms with Gasteiger partial charge in [0.25, 0.3) is 0 Å². The average molecular weight is 343 g/mol. The van der Waals surface area contributed by atoms with Gasteiger partial charge in [0.15, 0.2) is 0 Å². The summed E-state index contributed by atoms with van der Waals surface area (Å²) in [6, 6.07) is 9.03. The molecule has 3 nitrogen and oxygen atoms in total. The molecule has 0 fully saturated rings. The molecule has 0 saturated carbocycles. The molecule has 1 atom stereocenters. The van der Waals surface area contributed by atoms with Crippen molar-refractivity contribution < 1.29 is 9.84 Å². The minimum atomic E-state index is -0.642. The second kappa shape index (κ2) is 6.37. The maximum Gasteiger partial charge on any atom is 0.137 e. The zero-order chi connectivity index (χ0) is 13.8. The lowest BCUT2D eigenvalue weighted by Crippen LogP contribution is -2.03. The summed E-state index contributed by atoms with van der Waals surface area (Å²) in [4.78, 5) is 4.24. The van der Waals surface area contributed by atoms with Crippen LogP contribution in [0.4, 0.5) is 0 Å². The molecule has 0 aliphatic heterocycles. The van der Waals surface area contributed by atoms with E-state index < -0.39 is 6.10 Å². The number of hydrogen-bond acceptors (Lipinski definition) is 3. The van der Waals surface area contributed by atoms with E-state index in [1.54, 1.807) is 31.5 Å². The van der Waals surface area contributed by atoms with Crippen LogP contribution >= 0.6 is 27.5 Å². The number of nitrogens with zero attached hydrogens (tertiary/aromatic N) is 1.